The van der Waals surface area contributed by atoms with Crippen molar-refractivity contribution in [3.8, 4) is 17.2 Å². The van der Waals surface area contributed by atoms with Crippen molar-refractivity contribution < 1.29 is 43.2 Å². The SMILES string of the molecule is CCCCN(CCCC)C(=O)CN1CC(c2ccc3c(c2)OCO3)[C@@H](C(=O)OCCOCCO[N+](=O)[O-])C1c1ccc(OC)cc1. The number of ether oxygens (including phenoxy) is 5. The fraction of sp³-hybridized carbons (Fsp3) is 0.576. The first-order valence-corrected chi connectivity index (χ1v) is 15.9. The molecule has 4 rings (SSSR count). The van der Waals surface area contributed by atoms with Crippen LogP contribution in [0.15, 0.2) is 42.5 Å². The van der Waals surface area contributed by atoms with Gasteiger partial charge in [0.05, 0.1) is 32.8 Å². The second-order valence-corrected chi connectivity index (χ2v) is 11.3. The average molecular weight is 644 g/mol. The molecule has 13 nitrogen and oxygen atoms in total. The number of hydrogen-bond acceptors (Lipinski definition) is 11. The van der Waals surface area contributed by atoms with E-state index in [1.54, 1.807) is 7.11 Å². The molecule has 3 atom stereocenters. The molecule has 2 aliphatic heterocycles. The first kappa shape index (κ1) is 34.8. The van der Waals surface area contributed by atoms with E-state index in [-0.39, 0.29) is 51.6 Å². The smallest absolute Gasteiger partial charge is 0.311 e. The van der Waals surface area contributed by atoms with E-state index in [0.717, 1.165) is 36.8 Å². The van der Waals surface area contributed by atoms with Crippen LogP contribution in [-0.2, 0) is 23.9 Å². The largest absolute Gasteiger partial charge is 0.497 e. The van der Waals surface area contributed by atoms with Gasteiger partial charge in [-0.3, -0.25) is 14.5 Å². The summed E-state index contributed by atoms with van der Waals surface area (Å²) in [6.07, 6.45) is 3.82. The lowest BCUT2D eigenvalue weighted by Gasteiger charge is -2.30. The van der Waals surface area contributed by atoms with Crippen molar-refractivity contribution in [3.63, 3.8) is 0 Å². The zero-order valence-corrected chi connectivity index (χ0v) is 26.9. The second-order valence-electron chi connectivity index (χ2n) is 11.3. The Morgan fingerprint density at radius 2 is 1.63 bits per heavy atom. The minimum Gasteiger partial charge on any atom is -0.497 e. The molecule has 2 aromatic rings. The number of benzene rings is 2. The van der Waals surface area contributed by atoms with Crippen LogP contribution in [0.3, 0.4) is 0 Å². The van der Waals surface area contributed by atoms with Gasteiger partial charge >= 0.3 is 5.97 Å². The molecule has 1 saturated heterocycles. The predicted octanol–water partition coefficient (Wildman–Crippen LogP) is 4.38. The molecule has 2 aliphatic rings. The van der Waals surface area contributed by atoms with Crippen molar-refractivity contribution in [2.75, 3.05) is 66.5 Å². The maximum absolute atomic E-state index is 14.0. The molecule has 13 heteroatoms. The van der Waals surface area contributed by atoms with E-state index in [2.05, 4.69) is 23.6 Å². The van der Waals surface area contributed by atoms with Crippen LogP contribution >= 0.6 is 0 Å². The van der Waals surface area contributed by atoms with E-state index >= 15 is 0 Å². The fourth-order valence-electron chi connectivity index (χ4n) is 5.96. The number of likely N-dealkylation sites (tertiary alicyclic amines) is 1. The molecule has 2 unspecified atom stereocenters. The van der Waals surface area contributed by atoms with Crippen molar-refractivity contribution in [3.05, 3.63) is 63.7 Å². The predicted molar refractivity (Wildman–Crippen MR) is 167 cm³/mol. The molecule has 0 aromatic heterocycles. The molecular weight excluding hydrogens is 598 g/mol. The van der Waals surface area contributed by atoms with Gasteiger partial charge in [0.1, 0.15) is 19.0 Å². The summed E-state index contributed by atoms with van der Waals surface area (Å²) in [5.74, 6) is 0.534. The van der Waals surface area contributed by atoms with E-state index in [1.165, 1.54) is 0 Å². The molecule has 2 aromatic carbocycles. The second kappa shape index (κ2) is 17.6. The van der Waals surface area contributed by atoms with Crippen LogP contribution in [0, 0.1) is 16.0 Å². The topological polar surface area (TPSA) is 139 Å². The number of carbonyl (C=O) groups is 2. The summed E-state index contributed by atoms with van der Waals surface area (Å²) in [6, 6.07) is 12.8. The van der Waals surface area contributed by atoms with Crippen LogP contribution in [0.5, 0.6) is 17.2 Å². The van der Waals surface area contributed by atoms with E-state index in [9.17, 15) is 19.7 Å². The highest BCUT2D eigenvalue weighted by molar-refractivity contribution is 5.80. The van der Waals surface area contributed by atoms with Crippen molar-refractivity contribution in [1.82, 2.24) is 9.80 Å². The molecule has 1 fully saturated rings. The standard InChI is InChI=1S/C33H45N3O10/c1-4-6-14-34(15-7-5-2)30(37)22-35-21-27(25-10-13-28-29(20-25)45-23-44-28)31(32(35)24-8-11-26(41-3)12-9-24)33(38)43-18-16-42-17-19-46-36(39)40/h8-13,20,27,31-32H,4-7,14-19,21-23H2,1-3H3/t27?,31-,32?/m1/s1. The third kappa shape index (κ3) is 9.23. The Bertz CT molecular complexity index is 1280. The maximum atomic E-state index is 14.0. The molecule has 46 heavy (non-hydrogen) atoms. The number of esters is 1. The van der Waals surface area contributed by atoms with Gasteiger partial charge in [0.15, 0.2) is 11.5 Å². The van der Waals surface area contributed by atoms with Gasteiger partial charge in [0, 0.05) is 31.6 Å². The van der Waals surface area contributed by atoms with Gasteiger partial charge < -0.3 is 33.4 Å². The third-order valence-corrected chi connectivity index (χ3v) is 8.30. The molecule has 0 aliphatic carbocycles. The lowest BCUT2D eigenvalue weighted by atomic mass is 9.82. The monoisotopic (exact) mass is 643 g/mol. The van der Waals surface area contributed by atoms with Crippen molar-refractivity contribution in [1.29, 1.82) is 0 Å². The molecular formula is C33H45N3O10. The van der Waals surface area contributed by atoms with Crippen molar-refractivity contribution >= 4 is 11.9 Å². The number of fused-ring (bicyclic) bond motifs is 1. The Morgan fingerprint density at radius 3 is 2.30 bits per heavy atom. The van der Waals surface area contributed by atoms with Crippen LogP contribution < -0.4 is 14.2 Å². The number of hydrogen-bond donors (Lipinski definition) is 0. The number of nitrogens with zero attached hydrogens (tertiary/aromatic N) is 3. The van der Waals surface area contributed by atoms with Crippen molar-refractivity contribution in [2.24, 2.45) is 5.92 Å². The minimum absolute atomic E-state index is 0.0152. The molecule has 0 radical (unpaired) electrons. The number of rotatable bonds is 19. The first-order valence-electron chi connectivity index (χ1n) is 15.9. The molecule has 1 amide bonds. The molecule has 252 valence electrons. The quantitative estimate of drug-likeness (QED) is 0.0933. The maximum Gasteiger partial charge on any atom is 0.311 e. The lowest BCUT2D eigenvalue weighted by Crippen LogP contribution is -2.42. The Morgan fingerprint density at radius 1 is 0.957 bits per heavy atom. The summed E-state index contributed by atoms with van der Waals surface area (Å²) >= 11 is 0. The Balaban J connectivity index is 1.62. The molecule has 0 bridgehead atoms. The zero-order valence-electron chi connectivity index (χ0n) is 26.9. The number of carbonyl (C=O) groups excluding carboxylic acids is 2. The van der Waals surface area contributed by atoms with Gasteiger partial charge in [0.2, 0.25) is 12.7 Å². The fourth-order valence-corrected chi connectivity index (χ4v) is 5.96. The zero-order chi connectivity index (χ0) is 32.9. The van der Waals surface area contributed by atoms with Crippen LogP contribution in [0.1, 0.15) is 62.6 Å². The summed E-state index contributed by atoms with van der Waals surface area (Å²) in [4.78, 5) is 46.5. The van der Waals surface area contributed by atoms with Gasteiger partial charge in [-0.05, 0) is 48.2 Å². The lowest BCUT2D eigenvalue weighted by molar-refractivity contribution is -0.758. The van der Waals surface area contributed by atoms with Gasteiger partial charge in [0.25, 0.3) is 5.09 Å². The van der Waals surface area contributed by atoms with Crippen molar-refractivity contribution in [2.45, 2.75) is 51.5 Å². The molecule has 0 N–H and O–H groups in total. The summed E-state index contributed by atoms with van der Waals surface area (Å²) in [6.45, 7) is 6.10. The van der Waals surface area contributed by atoms with Gasteiger partial charge in [-0.1, -0.05) is 44.9 Å². The molecule has 0 spiro atoms. The van der Waals surface area contributed by atoms with Gasteiger partial charge in [-0.15, -0.1) is 10.1 Å². The molecule has 0 saturated carbocycles. The Hall–Kier alpha value is -4.10. The number of amides is 1. The van der Waals surface area contributed by atoms with E-state index < -0.39 is 23.0 Å². The Labute approximate surface area is 269 Å². The summed E-state index contributed by atoms with van der Waals surface area (Å²) < 4.78 is 27.7. The van der Waals surface area contributed by atoms with Gasteiger partial charge in [-0.25, -0.2) is 0 Å². The number of unbranched alkanes of at least 4 members (excludes halogenated alkanes) is 2. The van der Waals surface area contributed by atoms with Crippen LogP contribution in [0.25, 0.3) is 0 Å². The highest BCUT2D eigenvalue weighted by Gasteiger charge is 2.49. The summed E-state index contributed by atoms with van der Waals surface area (Å²) in [5, 5.41) is 9.46. The van der Waals surface area contributed by atoms with Crippen LogP contribution in [0.2, 0.25) is 0 Å². The summed E-state index contributed by atoms with van der Waals surface area (Å²) in [7, 11) is 1.60. The number of methoxy groups -OCH3 is 1. The Kier molecular flexibility index (Phi) is 13.3. The van der Waals surface area contributed by atoms with Gasteiger partial charge in [-0.2, -0.15) is 0 Å². The van der Waals surface area contributed by atoms with Crippen LogP contribution in [-0.4, -0.2) is 93.3 Å². The van der Waals surface area contributed by atoms with Crippen LogP contribution in [0.4, 0.5) is 0 Å². The minimum atomic E-state index is -0.887. The highest BCUT2D eigenvalue weighted by atomic mass is 17.0. The molecule has 2 heterocycles. The average Bonchev–Trinajstić information content (AvgIpc) is 3.68. The van der Waals surface area contributed by atoms with E-state index in [1.807, 2.05) is 47.4 Å². The van der Waals surface area contributed by atoms with E-state index in [0.29, 0.717) is 36.9 Å². The third-order valence-electron chi connectivity index (χ3n) is 8.30. The highest BCUT2D eigenvalue weighted by Crippen LogP contribution is 2.48. The normalized spacial score (nSPS) is 18.7. The first-order chi connectivity index (χ1) is 22.4. The summed E-state index contributed by atoms with van der Waals surface area (Å²) in [5.41, 5.74) is 1.74. The van der Waals surface area contributed by atoms with E-state index in [4.69, 9.17) is 23.7 Å².